The first-order chi connectivity index (χ1) is 16.6. The lowest BCUT2D eigenvalue weighted by atomic mass is 9.93. The minimum absolute atomic E-state index is 0.0223. The van der Waals surface area contributed by atoms with Crippen molar-refractivity contribution in [1.29, 1.82) is 0 Å². The molecule has 0 saturated carbocycles. The van der Waals surface area contributed by atoms with E-state index in [0.29, 0.717) is 44.0 Å². The van der Waals surface area contributed by atoms with Crippen molar-refractivity contribution in [2.45, 2.75) is 58.9 Å². The lowest BCUT2D eigenvalue weighted by Crippen LogP contribution is -2.50. The molecule has 0 unspecified atom stereocenters. The number of amides is 1. The molecule has 2 aromatic heterocycles. The van der Waals surface area contributed by atoms with Gasteiger partial charge in [0.15, 0.2) is 10.9 Å². The number of nitrogens with one attached hydrogen (secondary N) is 1. The Morgan fingerprint density at radius 2 is 1.91 bits per heavy atom. The van der Waals surface area contributed by atoms with Gasteiger partial charge in [0.1, 0.15) is 11.5 Å². The number of ketones is 1. The number of hydrogen-bond acceptors (Lipinski definition) is 4. The van der Waals surface area contributed by atoms with Crippen LogP contribution < -0.4 is 0 Å². The van der Waals surface area contributed by atoms with Gasteiger partial charge in [0.05, 0.1) is 5.52 Å². The van der Waals surface area contributed by atoms with Gasteiger partial charge in [-0.2, -0.15) is 5.10 Å². The van der Waals surface area contributed by atoms with E-state index in [1.165, 1.54) is 6.08 Å². The number of imidazole rings is 1. The molecule has 186 valence electrons. The molecule has 0 atom stereocenters. The van der Waals surface area contributed by atoms with Crippen molar-refractivity contribution in [3.63, 3.8) is 0 Å². The monoisotopic (exact) mass is 515 g/mol. The number of halogens is 2. The summed E-state index contributed by atoms with van der Waals surface area (Å²) >= 11 is 12.9. The second kappa shape index (κ2) is 10.2. The molecule has 7 nitrogen and oxygen atoms in total. The summed E-state index contributed by atoms with van der Waals surface area (Å²) < 4.78 is 1.95. The Bertz CT molecular complexity index is 1280. The van der Waals surface area contributed by atoms with E-state index in [1.807, 2.05) is 24.5 Å². The molecule has 9 heteroatoms. The maximum Gasteiger partial charge on any atom is 0.245 e. The number of carbonyl (C=O) groups excluding carboxylic acids is 2. The molecule has 0 bridgehead atoms. The van der Waals surface area contributed by atoms with Crippen molar-refractivity contribution in [3.05, 3.63) is 57.7 Å². The van der Waals surface area contributed by atoms with Gasteiger partial charge in [-0.25, -0.2) is 4.98 Å². The normalized spacial score (nSPS) is 14.2. The summed E-state index contributed by atoms with van der Waals surface area (Å²) in [6.45, 7) is 12.9. The molecule has 1 N–H and O–H groups in total. The molecule has 35 heavy (non-hydrogen) atoms. The van der Waals surface area contributed by atoms with Crippen molar-refractivity contribution in [3.8, 4) is 0 Å². The number of likely N-dealkylation sites (tertiary alicyclic amines) is 1. The van der Waals surface area contributed by atoms with Gasteiger partial charge in [0, 0.05) is 54.0 Å². The van der Waals surface area contributed by atoms with Gasteiger partial charge >= 0.3 is 0 Å². The molecule has 4 rings (SSSR count). The molecule has 0 radical (unpaired) electrons. The Morgan fingerprint density at radius 3 is 2.54 bits per heavy atom. The number of carbonyl (C=O) groups is 2. The number of benzene rings is 1. The smallest absolute Gasteiger partial charge is 0.245 e. The summed E-state index contributed by atoms with van der Waals surface area (Å²) in [5.41, 5.74) is 3.38. The zero-order chi connectivity index (χ0) is 25.4. The molecule has 1 aliphatic rings. The van der Waals surface area contributed by atoms with Crippen LogP contribution in [-0.4, -0.2) is 49.4 Å². The Kier molecular flexibility index (Phi) is 7.38. The number of nitrogens with zero attached hydrogens (tertiary/aromatic N) is 4. The van der Waals surface area contributed by atoms with Crippen LogP contribution in [0.1, 0.15) is 73.6 Å². The van der Waals surface area contributed by atoms with E-state index in [-0.39, 0.29) is 28.8 Å². The van der Waals surface area contributed by atoms with E-state index in [2.05, 4.69) is 41.7 Å². The highest BCUT2D eigenvalue weighted by Crippen LogP contribution is 2.31. The summed E-state index contributed by atoms with van der Waals surface area (Å²) in [6.07, 6.45) is 2.91. The molecule has 3 heterocycles. The molecule has 1 amide bonds. The molecule has 3 aromatic rings. The first kappa shape index (κ1) is 25.5. The highest BCUT2D eigenvalue weighted by molar-refractivity contribution is 6.32. The molecular weight excluding hydrogens is 485 g/mol. The van der Waals surface area contributed by atoms with Crippen LogP contribution in [0.25, 0.3) is 10.9 Å². The lowest BCUT2D eigenvalue weighted by molar-refractivity contribution is -0.132. The Hall–Kier alpha value is -2.64. The standard InChI is InChI=1S/C26H31Cl2N5O2/c1-6-24(35)32-12-16(13-32)9-22(34)25-26(28)29-23(33(25)15(4)5)8-7-20-18-10-17(14(2)3)19(27)11-21(18)31-30-20/h6,10-11,14-16H,1,7-9,12-13H2,2-5H3,(H,30,31). The van der Waals surface area contributed by atoms with Gasteiger partial charge in [0.25, 0.3) is 0 Å². The number of aryl methyl sites for hydroxylation is 2. The molecule has 1 aromatic carbocycles. The van der Waals surface area contributed by atoms with Crippen molar-refractivity contribution >= 4 is 45.8 Å². The first-order valence-corrected chi connectivity index (χ1v) is 12.7. The van der Waals surface area contributed by atoms with E-state index in [4.69, 9.17) is 23.2 Å². The van der Waals surface area contributed by atoms with E-state index in [0.717, 1.165) is 33.0 Å². The van der Waals surface area contributed by atoms with Gasteiger partial charge in [-0.15, -0.1) is 0 Å². The van der Waals surface area contributed by atoms with Gasteiger partial charge in [0.2, 0.25) is 5.91 Å². The average Bonchev–Trinajstić information content (AvgIpc) is 3.32. The number of aromatic nitrogens is 4. The number of Topliss-reactive ketones (excluding diaryl/α,β-unsaturated/α-hetero) is 1. The fraction of sp³-hybridized carbons (Fsp3) is 0.462. The summed E-state index contributed by atoms with van der Waals surface area (Å²) in [4.78, 5) is 31.1. The van der Waals surface area contributed by atoms with Crippen LogP contribution in [0.3, 0.4) is 0 Å². The Labute approximate surface area is 215 Å². The second-order valence-electron chi connectivity index (χ2n) is 9.82. The second-order valence-corrected chi connectivity index (χ2v) is 10.6. The van der Waals surface area contributed by atoms with Crippen molar-refractivity contribution in [2.75, 3.05) is 13.1 Å². The fourth-order valence-electron chi connectivity index (χ4n) is 4.77. The highest BCUT2D eigenvalue weighted by atomic mass is 35.5. The molecule has 0 spiro atoms. The van der Waals surface area contributed by atoms with Crippen LogP contribution in [0.2, 0.25) is 10.2 Å². The summed E-state index contributed by atoms with van der Waals surface area (Å²) in [5, 5.41) is 9.57. The Morgan fingerprint density at radius 1 is 1.20 bits per heavy atom. The Balaban J connectivity index is 1.53. The van der Waals surface area contributed by atoms with Crippen LogP contribution >= 0.6 is 23.2 Å². The van der Waals surface area contributed by atoms with Crippen LogP contribution in [0.15, 0.2) is 24.8 Å². The molecule has 1 saturated heterocycles. The minimum atomic E-state index is -0.102. The SMILES string of the molecule is C=CC(=O)N1CC(CC(=O)c2c(Cl)nc(CCc3[nH]nc4cc(Cl)c(C(C)C)cc34)n2C(C)C)C1. The van der Waals surface area contributed by atoms with Gasteiger partial charge in [-0.1, -0.05) is 43.6 Å². The molecule has 0 aliphatic carbocycles. The van der Waals surface area contributed by atoms with Crippen LogP contribution in [0.4, 0.5) is 0 Å². The molecule has 1 aliphatic heterocycles. The number of H-pyrrole nitrogens is 1. The van der Waals surface area contributed by atoms with Gasteiger partial charge in [-0.05, 0) is 50.0 Å². The fourth-order valence-corrected chi connectivity index (χ4v) is 5.44. The molecular formula is C26H31Cl2N5O2. The maximum atomic E-state index is 13.2. The third-order valence-electron chi connectivity index (χ3n) is 6.61. The van der Waals surface area contributed by atoms with E-state index >= 15 is 0 Å². The molecule has 1 fully saturated rings. The minimum Gasteiger partial charge on any atom is -0.338 e. The van der Waals surface area contributed by atoms with Gasteiger partial charge in [-0.3, -0.25) is 14.7 Å². The number of hydrogen-bond donors (Lipinski definition) is 1. The van der Waals surface area contributed by atoms with Crippen LogP contribution in [0.5, 0.6) is 0 Å². The lowest BCUT2D eigenvalue weighted by Gasteiger charge is -2.38. The van der Waals surface area contributed by atoms with Crippen LogP contribution in [0, 0.1) is 5.92 Å². The van der Waals surface area contributed by atoms with Crippen molar-refractivity contribution in [1.82, 2.24) is 24.6 Å². The zero-order valence-electron chi connectivity index (χ0n) is 20.6. The third kappa shape index (κ3) is 5.02. The topological polar surface area (TPSA) is 83.9 Å². The van der Waals surface area contributed by atoms with Crippen LogP contribution in [-0.2, 0) is 17.6 Å². The quantitative estimate of drug-likeness (QED) is 0.289. The zero-order valence-corrected chi connectivity index (χ0v) is 22.1. The largest absolute Gasteiger partial charge is 0.338 e. The van der Waals surface area contributed by atoms with Crippen molar-refractivity contribution < 1.29 is 9.59 Å². The van der Waals surface area contributed by atoms with E-state index in [1.54, 1.807) is 4.90 Å². The van der Waals surface area contributed by atoms with E-state index in [9.17, 15) is 9.59 Å². The summed E-state index contributed by atoms with van der Waals surface area (Å²) in [7, 11) is 0. The number of aromatic amines is 1. The van der Waals surface area contributed by atoms with Crippen molar-refractivity contribution in [2.24, 2.45) is 5.92 Å². The summed E-state index contributed by atoms with van der Waals surface area (Å²) in [5.74, 6) is 1.06. The highest BCUT2D eigenvalue weighted by Gasteiger charge is 2.33. The third-order valence-corrected chi connectivity index (χ3v) is 7.20. The summed E-state index contributed by atoms with van der Waals surface area (Å²) in [6, 6.07) is 4.03. The predicted molar refractivity (Wildman–Crippen MR) is 139 cm³/mol. The average molecular weight is 516 g/mol. The maximum absolute atomic E-state index is 13.2. The first-order valence-electron chi connectivity index (χ1n) is 12.0. The van der Waals surface area contributed by atoms with Gasteiger partial charge < -0.3 is 9.47 Å². The number of fused-ring (bicyclic) bond motifs is 1. The predicted octanol–water partition coefficient (Wildman–Crippen LogP) is 5.77. The number of rotatable bonds is 9. The van der Waals surface area contributed by atoms with E-state index < -0.39 is 0 Å².